The first-order valence-electron chi connectivity index (χ1n) is 7.84. The number of nitrogens with two attached hydrogens (primary N) is 1. The molecule has 1 unspecified atom stereocenters. The maximum atomic E-state index is 12.7. The minimum Gasteiger partial charge on any atom is -0.338 e. The highest BCUT2D eigenvalue weighted by Gasteiger charge is 2.28. The molecule has 2 aliphatic rings. The highest BCUT2D eigenvalue weighted by Crippen LogP contribution is 2.31. The molecule has 0 bridgehead atoms. The molecular weight excluding hydrogens is 320 g/mol. The molecule has 1 amide bonds. The van der Waals surface area contributed by atoms with E-state index >= 15 is 0 Å². The summed E-state index contributed by atoms with van der Waals surface area (Å²) in [5, 5.41) is 5.14. The summed E-state index contributed by atoms with van der Waals surface area (Å²) < 4.78 is 22.5. The zero-order valence-corrected chi connectivity index (χ0v) is 14.2. The van der Waals surface area contributed by atoms with Gasteiger partial charge in [-0.1, -0.05) is 0 Å². The van der Waals surface area contributed by atoms with Crippen LogP contribution >= 0.6 is 11.3 Å². The lowest BCUT2D eigenvalue weighted by Crippen LogP contribution is -2.42. The zero-order chi connectivity index (χ0) is 15.7. The minimum atomic E-state index is -3.48. The van der Waals surface area contributed by atoms with Gasteiger partial charge in [-0.25, -0.2) is 13.6 Å². The van der Waals surface area contributed by atoms with Crippen molar-refractivity contribution in [2.75, 3.05) is 18.8 Å². The minimum absolute atomic E-state index is 0.0300. The number of fused-ring (bicyclic) bond motifs is 1. The molecule has 0 radical (unpaired) electrons. The summed E-state index contributed by atoms with van der Waals surface area (Å²) in [6.45, 7) is 1.21. The van der Waals surface area contributed by atoms with Crippen LogP contribution in [0.3, 0.4) is 0 Å². The molecule has 1 aromatic heterocycles. The number of thiophene rings is 1. The van der Waals surface area contributed by atoms with E-state index in [0.717, 1.165) is 30.6 Å². The van der Waals surface area contributed by atoms with Crippen molar-refractivity contribution < 1.29 is 13.2 Å². The average Bonchev–Trinajstić information content (AvgIpc) is 2.88. The Balaban J connectivity index is 1.70. The maximum absolute atomic E-state index is 12.7. The third kappa shape index (κ3) is 3.70. The number of primary sulfonamides is 1. The number of likely N-dealkylation sites (tertiary alicyclic amines) is 1. The Morgan fingerprint density at radius 1 is 1.32 bits per heavy atom. The van der Waals surface area contributed by atoms with Crippen molar-refractivity contribution in [1.82, 2.24) is 4.90 Å². The number of rotatable bonds is 3. The van der Waals surface area contributed by atoms with E-state index in [2.05, 4.69) is 0 Å². The van der Waals surface area contributed by atoms with Crippen molar-refractivity contribution in [3.8, 4) is 0 Å². The van der Waals surface area contributed by atoms with Gasteiger partial charge in [0.1, 0.15) is 0 Å². The van der Waals surface area contributed by atoms with Gasteiger partial charge in [-0.2, -0.15) is 0 Å². The van der Waals surface area contributed by atoms with Crippen molar-refractivity contribution in [1.29, 1.82) is 0 Å². The van der Waals surface area contributed by atoms with E-state index in [1.807, 2.05) is 6.07 Å². The number of nitrogens with zero attached hydrogens (tertiary/aromatic N) is 1. The summed E-state index contributed by atoms with van der Waals surface area (Å²) in [6.07, 6.45) is 6.24. The quantitative estimate of drug-likeness (QED) is 0.909. The highest BCUT2D eigenvalue weighted by atomic mass is 32.2. The van der Waals surface area contributed by atoms with E-state index in [-0.39, 0.29) is 17.6 Å². The molecule has 0 saturated carbocycles. The second-order valence-corrected chi connectivity index (χ2v) is 9.15. The lowest BCUT2D eigenvalue weighted by molar-refractivity contribution is 0.0689. The van der Waals surface area contributed by atoms with Crippen molar-refractivity contribution in [3.63, 3.8) is 0 Å². The molecule has 1 saturated heterocycles. The predicted octanol–water partition coefficient (Wildman–Crippen LogP) is 1.77. The standard InChI is InChI=1S/C15H22N2O3S2/c16-22(19,20)10-11-4-3-7-17(9-11)15(18)14-8-12-5-1-2-6-13(12)21-14/h8,11H,1-7,9-10H2,(H2,16,19,20). The normalized spacial score (nSPS) is 22.4. The fourth-order valence-electron chi connectivity index (χ4n) is 3.47. The van der Waals surface area contributed by atoms with E-state index in [0.29, 0.717) is 13.1 Å². The number of hydrogen-bond acceptors (Lipinski definition) is 4. The molecule has 1 atom stereocenters. The molecule has 0 aromatic carbocycles. The third-order valence-electron chi connectivity index (χ3n) is 4.48. The highest BCUT2D eigenvalue weighted by molar-refractivity contribution is 7.89. The van der Waals surface area contributed by atoms with Gasteiger partial charge >= 0.3 is 0 Å². The summed E-state index contributed by atoms with van der Waals surface area (Å²) in [6, 6.07) is 2.05. The first-order chi connectivity index (χ1) is 10.4. The van der Waals surface area contributed by atoms with Crippen LogP contribution in [0.25, 0.3) is 0 Å². The molecule has 1 fully saturated rings. The molecule has 1 aliphatic carbocycles. The molecule has 1 aliphatic heterocycles. The van der Waals surface area contributed by atoms with Crippen LogP contribution in [0, 0.1) is 5.92 Å². The Bertz CT molecular complexity index is 643. The largest absolute Gasteiger partial charge is 0.338 e. The molecule has 2 N–H and O–H groups in total. The first-order valence-corrected chi connectivity index (χ1v) is 10.4. The number of carbonyl (C=O) groups is 1. The molecule has 3 rings (SSSR count). The van der Waals surface area contributed by atoms with Gasteiger partial charge in [-0.3, -0.25) is 4.79 Å². The SMILES string of the molecule is NS(=O)(=O)CC1CCCN(C(=O)c2cc3c(s2)CCCC3)C1. The number of aryl methyl sites for hydroxylation is 2. The van der Waals surface area contributed by atoms with Crippen molar-refractivity contribution in [2.45, 2.75) is 38.5 Å². The molecule has 2 heterocycles. The topological polar surface area (TPSA) is 80.5 Å². The summed E-state index contributed by atoms with van der Waals surface area (Å²) >= 11 is 1.62. The van der Waals surface area contributed by atoms with Gasteiger partial charge in [0.25, 0.3) is 5.91 Å². The summed E-state index contributed by atoms with van der Waals surface area (Å²) in [5.74, 6) is -0.0154. The number of sulfonamides is 1. The van der Waals surface area contributed by atoms with E-state index in [9.17, 15) is 13.2 Å². The van der Waals surface area contributed by atoms with Crippen molar-refractivity contribution >= 4 is 27.3 Å². The van der Waals surface area contributed by atoms with E-state index in [4.69, 9.17) is 5.14 Å². The Morgan fingerprint density at radius 2 is 2.09 bits per heavy atom. The van der Waals surface area contributed by atoms with Gasteiger partial charge in [0.2, 0.25) is 10.0 Å². The van der Waals surface area contributed by atoms with Crippen molar-refractivity contribution in [2.24, 2.45) is 11.1 Å². The van der Waals surface area contributed by atoms with Gasteiger partial charge in [-0.05, 0) is 56.1 Å². The Labute approximate surface area is 135 Å². The van der Waals surface area contributed by atoms with Gasteiger partial charge in [-0.15, -0.1) is 11.3 Å². The zero-order valence-electron chi connectivity index (χ0n) is 12.6. The third-order valence-corrected chi connectivity index (χ3v) is 6.64. The van der Waals surface area contributed by atoms with Crippen LogP contribution in [0.15, 0.2) is 6.07 Å². The van der Waals surface area contributed by atoms with Gasteiger partial charge in [0, 0.05) is 18.0 Å². The first kappa shape index (κ1) is 16.0. The molecule has 0 spiro atoms. The lowest BCUT2D eigenvalue weighted by Gasteiger charge is -2.32. The molecule has 122 valence electrons. The molecule has 1 aromatic rings. The smallest absolute Gasteiger partial charge is 0.263 e. The number of piperidine rings is 1. The Hall–Kier alpha value is -0.920. The fraction of sp³-hybridized carbons (Fsp3) is 0.667. The Kier molecular flexibility index (Phi) is 4.56. The summed E-state index contributed by atoms with van der Waals surface area (Å²) in [7, 11) is -3.48. The summed E-state index contributed by atoms with van der Waals surface area (Å²) in [5.41, 5.74) is 1.33. The lowest BCUT2D eigenvalue weighted by atomic mass is 9.98. The Morgan fingerprint density at radius 3 is 2.82 bits per heavy atom. The van der Waals surface area contributed by atoms with Crippen LogP contribution in [-0.2, 0) is 22.9 Å². The van der Waals surface area contributed by atoms with Gasteiger partial charge in [0.05, 0.1) is 10.6 Å². The van der Waals surface area contributed by atoms with E-state index in [1.54, 1.807) is 16.2 Å². The molecular formula is C15H22N2O3S2. The average molecular weight is 342 g/mol. The second kappa shape index (κ2) is 6.29. The number of hydrogen-bond donors (Lipinski definition) is 1. The van der Waals surface area contributed by atoms with Crippen LogP contribution < -0.4 is 5.14 Å². The number of carbonyl (C=O) groups excluding carboxylic acids is 1. The van der Waals surface area contributed by atoms with Crippen molar-refractivity contribution in [3.05, 3.63) is 21.4 Å². The van der Waals surface area contributed by atoms with Crippen LogP contribution in [0.1, 0.15) is 45.8 Å². The molecule has 7 heteroatoms. The van der Waals surface area contributed by atoms with Crippen LogP contribution in [0.4, 0.5) is 0 Å². The van der Waals surface area contributed by atoms with Gasteiger partial charge in [0.15, 0.2) is 0 Å². The predicted molar refractivity (Wildman–Crippen MR) is 87.6 cm³/mol. The fourth-order valence-corrected chi connectivity index (χ4v) is 5.62. The van der Waals surface area contributed by atoms with Crippen LogP contribution in [-0.4, -0.2) is 38.1 Å². The van der Waals surface area contributed by atoms with Crippen LogP contribution in [0.2, 0.25) is 0 Å². The van der Waals surface area contributed by atoms with Gasteiger partial charge < -0.3 is 4.90 Å². The molecule has 22 heavy (non-hydrogen) atoms. The monoisotopic (exact) mass is 342 g/mol. The van der Waals surface area contributed by atoms with E-state index in [1.165, 1.54) is 23.3 Å². The second-order valence-electron chi connectivity index (χ2n) is 6.36. The molecule has 5 nitrogen and oxygen atoms in total. The maximum Gasteiger partial charge on any atom is 0.263 e. The number of amides is 1. The van der Waals surface area contributed by atoms with Crippen LogP contribution in [0.5, 0.6) is 0 Å². The van der Waals surface area contributed by atoms with E-state index < -0.39 is 10.0 Å². The summed E-state index contributed by atoms with van der Waals surface area (Å²) in [4.78, 5) is 16.6.